The van der Waals surface area contributed by atoms with E-state index in [1.807, 2.05) is 20.8 Å². The number of ether oxygens (including phenoxy) is 1. The molecular formula is C13H22ClNO3. The van der Waals surface area contributed by atoms with Crippen LogP contribution in [0.4, 0.5) is 4.79 Å². The number of amides is 1. The minimum atomic E-state index is -0.456. The zero-order chi connectivity index (χ0) is 13.8. The molecule has 0 aliphatic carbocycles. The van der Waals surface area contributed by atoms with Crippen molar-refractivity contribution in [3.8, 4) is 0 Å². The number of alkyl halides is 1. The number of ketones is 1. The molecule has 0 radical (unpaired) electrons. The minimum absolute atomic E-state index is 0.0896. The fraction of sp³-hybridized carbons (Fsp3) is 0.846. The van der Waals surface area contributed by atoms with Crippen molar-refractivity contribution in [2.75, 3.05) is 19.0 Å². The molecule has 5 heteroatoms. The van der Waals surface area contributed by atoms with Crippen molar-refractivity contribution in [1.82, 2.24) is 4.90 Å². The van der Waals surface area contributed by atoms with Crippen LogP contribution in [0.15, 0.2) is 0 Å². The molecule has 1 heterocycles. The van der Waals surface area contributed by atoms with Crippen molar-refractivity contribution in [3.05, 3.63) is 0 Å². The van der Waals surface area contributed by atoms with Gasteiger partial charge in [-0.25, -0.2) is 4.79 Å². The number of hydrogen-bond acceptors (Lipinski definition) is 3. The third-order valence-electron chi connectivity index (χ3n) is 2.93. The van der Waals surface area contributed by atoms with Crippen LogP contribution in [0.1, 0.15) is 40.0 Å². The van der Waals surface area contributed by atoms with Crippen molar-refractivity contribution < 1.29 is 14.3 Å². The van der Waals surface area contributed by atoms with Crippen LogP contribution < -0.4 is 0 Å². The molecule has 4 nitrogen and oxygen atoms in total. The van der Waals surface area contributed by atoms with Crippen LogP contribution in [0, 0.1) is 5.92 Å². The molecule has 1 amide bonds. The lowest BCUT2D eigenvalue weighted by atomic mass is 9.92. The van der Waals surface area contributed by atoms with Crippen LogP contribution in [0.3, 0.4) is 0 Å². The molecule has 0 bridgehead atoms. The highest BCUT2D eigenvalue weighted by Gasteiger charge is 2.27. The van der Waals surface area contributed by atoms with Gasteiger partial charge in [-0.3, -0.25) is 4.79 Å². The summed E-state index contributed by atoms with van der Waals surface area (Å²) in [7, 11) is 0. The Kier molecular flexibility index (Phi) is 5.45. The minimum Gasteiger partial charge on any atom is -0.444 e. The van der Waals surface area contributed by atoms with Crippen molar-refractivity contribution >= 4 is 23.5 Å². The van der Waals surface area contributed by atoms with Gasteiger partial charge in [-0.05, 0) is 39.5 Å². The topological polar surface area (TPSA) is 46.6 Å². The van der Waals surface area contributed by atoms with E-state index in [1.54, 1.807) is 4.90 Å². The molecule has 0 saturated carbocycles. The molecule has 0 atom stereocenters. The Morgan fingerprint density at radius 1 is 1.28 bits per heavy atom. The SMILES string of the molecule is CC(C)(C)OC(=O)N1CCC(CC(=O)CCl)CC1. The van der Waals surface area contributed by atoms with Crippen LogP contribution >= 0.6 is 11.6 Å². The maximum atomic E-state index is 11.8. The molecule has 0 N–H and O–H groups in total. The summed E-state index contributed by atoms with van der Waals surface area (Å²) in [6, 6.07) is 0. The van der Waals surface area contributed by atoms with E-state index in [0.29, 0.717) is 25.4 Å². The summed E-state index contributed by atoms with van der Waals surface area (Å²) in [6.07, 6.45) is 1.97. The number of carbonyl (C=O) groups excluding carboxylic acids is 2. The third-order valence-corrected chi connectivity index (χ3v) is 3.23. The van der Waals surface area contributed by atoms with Crippen molar-refractivity contribution in [3.63, 3.8) is 0 Å². The molecule has 1 aliphatic rings. The average molecular weight is 276 g/mol. The number of Topliss-reactive ketones (excluding diaryl/α,β-unsaturated/α-hetero) is 1. The summed E-state index contributed by atoms with van der Waals surface area (Å²) < 4.78 is 5.31. The molecule has 0 aromatic carbocycles. The first-order valence-electron chi connectivity index (χ1n) is 6.37. The predicted octanol–water partition coefficient (Wildman–Crippen LogP) is 2.83. The average Bonchev–Trinajstić information content (AvgIpc) is 2.27. The molecule has 0 spiro atoms. The highest BCUT2D eigenvalue weighted by atomic mass is 35.5. The van der Waals surface area contributed by atoms with Crippen LogP contribution in [0.2, 0.25) is 0 Å². The summed E-state index contributed by atoms with van der Waals surface area (Å²) in [4.78, 5) is 24.8. The molecule has 1 saturated heterocycles. The Hall–Kier alpha value is -0.770. The quantitative estimate of drug-likeness (QED) is 0.744. The van der Waals surface area contributed by atoms with E-state index in [1.165, 1.54) is 0 Å². The Morgan fingerprint density at radius 2 is 1.83 bits per heavy atom. The number of nitrogens with zero attached hydrogens (tertiary/aromatic N) is 1. The second kappa shape index (κ2) is 6.41. The normalized spacial score (nSPS) is 17.7. The summed E-state index contributed by atoms with van der Waals surface area (Å²) in [5.74, 6) is 0.536. The van der Waals surface area contributed by atoms with Gasteiger partial charge < -0.3 is 9.64 Å². The Bertz CT molecular complexity index is 304. The van der Waals surface area contributed by atoms with Crippen molar-refractivity contribution in [1.29, 1.82) is 0 Å². The first-order valence-corrected chi connectivity index (χ1v) is 6.91. The number of hydrogen-bond donors (Lipinski definition) is 0. The van der Waals surface area contributed by atoms with Gasteiger partial charge in [0.15, 0.2) is 0 Å². The van der Waals surface area contributed by atoms with E-state index in [4.69, 9.17) is 16.3 Å². The standard InChI is InChI=1S/C13H22ClNO3/c1-13(2,3)18-12(17)15-6-4-10(5-7-15)8-11(16)9-14/h10H,4-9H2,1-3H3. The van der Waals surface area contributed by atoms with E-state index in [0.717, 1.165) is 12.8 Å². The first kappa shape index (κ1) is 15.3. The highest BCUT2D eigenvalue weighted by molar-refractivity contribution is 6.27. The van der Waals surface area contributed by atoms with Crippen LogP contribution in [0.5, 0.6) is 0 Å². The summed E-state index contributed by atoms with van der Waals surface area (Å²) in [6.45, 7) is 6.90. The van der Waals surface area contributed by atoms with Crippen LogP contribution in [-0.2, 0) is 9.53 Å². The van der Waals surface area contributed by atoms with Gasteiger partial charge in [0, 0.05) is 19.5 Å². The number of likely N-dealkylation sites (tertiary alicyclic amines) is 1. The molecule has 1 fully saturated rings. The number of carbonyl (C=O) groups is 2. The molecule has 0 unspecified atom stereocenters. The molecule has 0 aromatic heterocycles. The zero-order valence-electron chi connectivity index (χ0n) is 11.4. The van der Waals surface area contributed by atoms with Gasteiger partial charge >= 0.3 is 6.09 Å². The number of piperidine rings is 1. The summed E-state index contributed by atoms with van der Waals surface area (Å²) >= 11 is 5.49. The highest BCUT2D eigenvalue weighted by Crippen LogP contribution is 2.22. The van der Waals surface area contributed by atoms with E-state index in [2.05, 4.69) is 0 Å². The molecule has 104 valence electrons. The maximum absolute atomic E-state index is 11.8. The molecular weight excluding hydrogens is 254 g/mol. The van der Waals surface area contributed by atoms with Crippen molar-refractivity contribution in [2.24, 2.45) is 5.92 Å². The third kappa shape index (κ3) is 5.25. The van der Waals surface area contributed by atoms with Crippen molar-refractivity contribution in [2.45, 2.75) is 45.6 Å². The van der Waals surface area contributed by atoms with E-state index in [-0.39, 0.29) is 17.8 Å². The number of rotatable bonds is 3. The molecule has 18 heavy (non-hydrogen) atoms. The second-order valence-corrected chi connectivity index (χ2v) is 6.05. The summed E-state index contributed by atoms with van der Waals surface area (Å²) in [5, 5.41) is 0. The lowest BCUT2D eigenvalue weighted by Gasteiger charge is -2.33. The van der Waals surface area contributed by atoms with Gasteiger partial charge in [0.1, 0.15) is 11.4 Å². The molecule has 0 aromatic rings. The van der Waals surface area contributed by atoms with Gasteiger partial charge in [0.05, 0.1) is 5.88 Å². The molecule has 1 aliphatic heterocycles. The van der Waals surface area contributed by atoms with Gasteiger partial charge in [-0.2, -0.15) is 0 Å². The van der Waals surface area contributed by atoms with E-state index >= 15 is 0 Å². The lowest BCUT2D eigenvalue weighted by Crippen LogP contribution is -2.42. The predicted molar refractivity (Wildman–Crippen MR) is 70.9 cm³/mol. The maximum Gasteiger partial charge on any atom is 0.410 e. The monoisotopic (exact) mass is 275 g/mol. The van der Waals surface area contributed by atoms with Gasteiger partial charge in [-0.15, -0.1) is 11.6 Å². The molecule has 1 rings (SSSR count). The smallest absolute Gasteiger partial charge is 0.410 e. The van der Waals surface area contributed by atoms with Gasteiger partial charge in [0.25, 0.3) is 0 Å². The number of halogens is 1. The fourth-order valence-corrected chi connectivity index (χ4v) is 2.13. The van der Waals surface area contributed by atoms with E-state index < -0.39 is 5.60 Å². The van der Waals surface area contributed by atoms with Crippen LogP contribution in [0.25, 0.3) is 0 Å². The lowest BCUT2D eigenvalue weighted by molar-refractivity contribution is -0.117. The Morgan fingerprint density at radius 3 is 2.28 bits per heavy atom. The van der Waals surface area contributed by atoms with E-state index in [9.17, 15) is 9.59 Å². The summed E-state index contributed by atoms with van der Waals surface area (Å²) in [5.41, 5.74) is -0.456. The first-order chi connectivity index (χ1) is 8.31. The van der Waals surface area contributed by atoms with Gasteiger partial charge in [-0.1, -0.05) is 0 Å². The van der Waals surface area contributed by atoms with Gasteiger partial charge in [0.2, 0.25) is 0 Å². The largest absolute Gasteiger partial charge is 0.444 e. The Balaban J connectivity index is 2.35. The fourth-order valence-electron chi connectivity index (χ4n) is 2.02. The zero-order valence-corrected chi connectivity index (χ0v) is 12.1. The van der Waals surface area contributed by atoms with Crippen LogP contribution in [-0.4, -0.2) is 41.3 Å². The second-order valence-electron chi connectivity index (χ2n) is 5.79. The Labute approximate surface area is 114 Å².